The van der Waals surface area contributed by atoms with Crippen LogP contribution in [0.1, 0.15) is 30.6 Å². The maximum Gasteiger partial charge on any atom is 0.261 e. The second-order valence-electron chi connectivity index (χ2n) is 6.36. The molecule has 2 rings (SSSR count). The molecule has 0 aliphatic heterocycles. The Morgan fingerprint density at radius 1 is 1.12 bits per heavy atom. The fraction of sp³-hybridized carbons (Fsp3) is 0.316. The van der Waals surface area contributed by atoms with Crippen molar-refractivity contribution in [1.29, 1.82) is 0 Å². The molecule has 0 spiro atoms. The molecule has 0 heterocycles. The van der Waals surface area contributed by atoms with E-state index in [4.69, 9.17) is 0 Å². The molecule has 2 aromatic rings. The zero-order chi connectivity index (χ0) is 19.3. The molecule has 1 atom stereocenters. The van der Waals surface area contributed by atoms with Crippen LogP contribution >= 0.6 is 0 Å². The van der Waals surface area contributed by atoms with Gasteiger partial charge >= 0.3 is 0 Å². The highest BCUT2D eigenvalue weighted by Gasteiger charge is 2.17. The molecule has 2 N–H and O–H groups in total. The molecule has 0 aliphatic carbocycles. The van der Waals surface area contributed by atoms with Crippen molar-refractivity contribution in [1.82, 2.24) is 5.32 Å². The van der Waals surface area contributed by atoms with Crippen LogP contribution in [0.3, 0.4) is 0 Å². The highest BCUT2D eigenvalue weighted by molar-refractivity contribution is 7.92. The lowest BCUT2D eigenvalue weighted by Gasteiger charge is -2.14. The predicted molar refractivity (Wildman–Crippen MR) is 105 cm³/mol. The van der Waals surface area contributed by atoms with Crippen LogP contribution in [0.25, 0.3) is 0 Å². The second kappa shape index (κ2) is 8.23. The molecule has 1 unspecified atom stereocenters. The molecule has 0 fully saturated rings. The van der Waals surface area contributed by atoms with Crippen LogP contribution in [0.4, 0.5) is 11.4 Å². The number of benzene rings is 2. The summed E-state index contributed by atoms with van der Waals surface area (Å²) < 4.78 is 27.8. The number of carbonyl (C=O) groups is 1. The summed E-state index contributed by atoms with van der Waals surface area (Å²) in [7, 11) is 0.0436. The van der Waals surface area contributed by atoms with Crippen LogP contribution in [0.2, 0.25) is 0 Å². The molecule has 2 aromatic carbocycles. The molecule has 7 heteroatoms. The number of hydrogen-bond acceptors (Lipinski definition) is 4. The van der Waals surface area contributed by atoms with Gasteiger partial charge in [-0.2, -0.15) is 0 Å². The van der Waals surface area contributed by atoms with Gasteiger partial charge in [0.15, 0.2) is 0 Å². The molecule has 140 valence electrons. The standard InChI is InChI=1S/C19H25N3O3S/c1-5-14(2)20-19(23)15-7-6-8-18(13-15)26(24,25)21-16-9-11-17(12-10-16)22(3)4/h6-14,21H,5H2,1-4H3,(H,20,23). The fourth-order valence-corrected chi connectivity index (χ4v) is 3.36. The third kappa shape index (κ3) is 4.98. The number of hydrogen-bond donors (Lipinski definition) is 2. The van der Waals surface area contributed by atoms with Gasteiger partial charge in [0, 0.05) is 37.1 Å². The largest absolute Gasteiger partial charge is 0.378 e. The fourth-order valence-electron chi connectivity index (χ4n) is 2.26. The van der Waals surface area contributed by atoms with E-state index in [0.29, 0.717) is 11.3 Å². The van der Waals surface area contributed by atoms with Crippen molar-refractivity contribution >= 4 is 27.3 Å². The number of nitrogens with one attached hydrogen (secondary N) is 2. The Balaban J connectivity index is 2.20. The lowest BCUT2D eigenvalue weighted by atomic mass is 10.2. The Bertz CT molecular complexity index is 862. The summed E-state index contributed by atoms with van der Waals surface area (Å²) in [5, 5.41) is 2.83. The van der Waals surface area contributed by atoms with Crippen molar-refractivity contribution < 1.29 is 13.2 Å². The van der Waals surface area contributed by atoms with Crippen molar-refractivity contribution in [2.75, 3.05) is 23.7 Å². The molecule has 26 heavy (non-hydrogen) atoms. The van der Waals surface area contributed by atoms with Crippen LogP contribution in [-0.4, -0.2) is 34.5 Å². The Hall–Kier alpha value is -2.54. The van der Waals surface area contributed by atoms with E-state index in [1.54, 1.807) is 24.3 Å². The number of carbonyl (C=O) groups excluding carboxylic acids is 1. The topological polar surface area (TPSA) is 78.5 Å². The van der Waals surface area contributed by atoms with E-state index in [2.05, 4.69) is 10.0 Å². The Morgan fingerprint density at radius 2 is 1.77 bits per heavy atom. The van der Waals surface area contributed by atoms with Crippen molar-refractivity contribution in [3.8, 4) is 0 Å². The van der Waals surface area contributed by atoms with Gasteiger partial charge < -0.3 is 10.2 Å². The Kier molecular flexibility index (Phi) is 6.26. The molecule has 0 saturated carbocycles. The minimum Gasteiger partial charge on any atom is -0.378 e. The Morgan fingerprint density at radius 3 is 2.35 bits per heavy atom. The number of amides is 1. The average Bonchev–Trinajstić information content (AvgIpc) is 2.61. The monoisotopic (exact) mass is 375 g/mol. The highest BCUT2D eigenvalue weighted by Crippen LogP contribution is 2.20. The first kappa shape index (κ1) is 19.8. The normalized spacial score (nSPS) is 12.3. The molecular weight excluding hydrogens is 350 g/mol. The van der Waals surface area contributed by atoms with Gasteiger partial charge in [0.25, 0.3) is 15.9 Å². The van der Waals surface area contributed by atoms with Gasteiger partial charge in [0.05, 0.1) is 4.90 Å². The Labute approximate surface area is 155 Å². The molecule has 0 saturated heterocycles. The molecule has 1 amide bonds. The minimum absolute atomic E-state index is 0.0242. The second-order valence-corrected chi connectivity index (χ2v) is 8.04. The maximum atomic E-state index is 12.6. The molecule has 0 bridgehead atoms. The zero-order valence-electron chi connectivity index (χ0n) is 15.5. The summed E-state index contributed by atoms with van der Waals surface area (Å²) in [5.41, 5.74) is 1.75. The van der Waals surface area contributed by atoms with Gasteiger partial charge in [-0.05, 0) is 55.8 Å². The molecule has 0 aromatic heterocycles. The number of rotatable bonds is 7. The van der Waals surface area contributed by atoms with Crippen LogP contribution in [0.5, 0.6) is 0 Å². The first-order chi connectivity index (χ1) is 12.2. The third-order valence-electron chi connectivity index (χ3n) is 4.03. The summed E-state index contributed by atoms with van der Waals surface area (Å²) in [6, 6.07) is 13.1. The summed E-state index contributed by atoms with van der Waals surface area (Å²) in [6.07, 6.45) is 0.800. The SMILES string of the molecule is CCC(C)NC(=O)c1cccc(S(=O)(=O)Nc2ccc(N(C)C)cc2)c1. The van der Waals surface area contributed by atoms with Gasteiger partial charge in [-0.1, -0.05) is 13.0 Å². The summed E-state index contributed by atoms with van der Waals surface area (Å²) in [5.74, 6) is -0.285. The van der Waals surface area contributed by atoms with Crippen LogP contribution in [-0.2, 0) is 10.0 Å². The van der Waals surface area contributed by atoms with Crippen molar-refractivity contribution in [2.45, 2.75) is 31.2 Å². The van der Waals surface area contributed by atoms with E-state index in [9.17, 15) is 13.2 Å². The smallest absolute Gasteiger partial charge is 0.261 e. The van der Waals surface area contributed by atoms with E-state index in [-0.39, 0.29) is 16.8 Å². The third-order valence-corrected chi connectivity index (χ3v) is 5.41. The molecule has 0 radical (unpaired) electrons. The van der Waals surface area contributed by atoms with E-state index in [1.165, 1.54) is 12.1 Å². The van der Waals surface area contributed by atoms with E-state index in [1.807, 2.05) is 45.0 Å². The first-order valence-electron chi connectivity index (χ1n) is 8.44. The van der Waals surface area contributed by atoms with Crippen LogP contribution < -0.4 is 14.9 Å². The highest BCUT2D eigenvalue weighted by atomic mass is 32.2. The van der Waals surface area contributed by atoms with Gasteiger partial charge in [-0.3, -0.25) is 9.52 Å². The van der Waals surface area contributed by atoms with Gasteiger partial charge in [-0.25, -0.2) is 8.42 Å². The summed E-state index contributed by atoms with van der Waals surface area (Å²) in [6.45, 7) is 3.87. The number of sulfonamides is 1. The predicted octanol–water partition coefficient (Wildman–Crippen LogP) is 3.08. The number of nitrogens with zero attached hydrogens (tertiary/aromatic N) is 1. The summed E-state index contributed by atoms with van der Waals surface area (Å²) >= 11 is 0. The van der Waals surface area contributed by atoms with E-state index < -0.39 is 10.0 Å². The van der Waals surface area contributed by atoms with Crippen LogP contribution in [0.15, 0.2) is 53.4 Å². The lowest BCUT2D eigenvalue weighted by Crippen LogP contribution is -2.32. The van der Waals surface area contributed by atoms with Crippen molar-refractivity contribution in [3.63, 3.8) is 0 Å². The minimum atomic E-state index is -3.78. The molecule has 0 aliphatic rings. The van der Waals surface area contributed by atoms with Crippen LogP contribution in [0, 0.1) is 0 Å². The average molecular weight is 375 g/mol. The van der Waals surface area contributed by atoms with Crippen molar-refractivity contribution in [2.24, 2.45) is 0 Å². The lowest BCUT2D eigenvalue weighted by molar-refractivity contribution is 0.0939. The van der Waals surface area contributed by atoms with E-state index >= 15 is 0 Å². The first-order valence-corrected chi connectivity index (χ1v) is 9.92. The number of anilines is 2. The van der Waals surface area contributed by atoms with E-state index in [0.717, 1.165) is 12.1 Å². The van der Waals surface area contributed by atoms with Gasteiger partial charge in [-0.15, -0.1) is 0 Å². The van der Waals surface area contributed by atoms with Gasteiger partial charge in [0.1, 0.15) is 0 Å². The van der Waals surface area contributed by atoms with Crippen molar-refractivity contribution in [3.05, 3.63) is 54.1 Å². The molecule has 6 nitrogen and oxygen atoms in total. The molecular formula is C19H25N3O3S. The summed E-state index contributed by atoms with van der Waals surface area (Å²) in [4.78, 5) is 14.2. The van der Waals surface area contributed by atoms with Gasteiger partial charge in [0.2, 0.25) is 0 Å². The zero-order valence-corrected chi connectivity index (χ0v) is 16.3. The maximum absolute atomic E-state index is 12.6. The quantitative estimate of drug-likeness (QED) is 0.779.